The summed E-state index contributed by atoms with van der Waals surface area (Å²) in [5.41, 5.74) is 1.36. The molecule has 0 bridgehead atoms. The summed E-state index contributed by atoms with van der Waals surface area (Å²) in [7, 11) is -6.10. The van der Waals surface area contributed by atoms with Gasteiger partial charge in [-0.2, -0.15) is 4.31 Å². The zero-order valence-electron chi connectivity index (χ0n) is 20.1. The van der Waals surface area contributed by atoms with E-state index in [4.69, 9.17) is 16.3 Å². The van der Waals surface area contributed by atoms with E-state index in [0.29, 0.717) is 30.9 Å². The molecule has 1 aliphatic heterocycles. The van der Waals surface area contributed by atoms with Crippen molar-refractivity contribution in [3.63, 3.8) is 0 Å². The number of benzene rings is 3. The summed E-state index contributed by atoms with van der Waals surface area (Å²) in [6.07, 6.45) is 0.407. The van der Waals surface area contributed by atoms with Gasteiger partial charge in [0.25, 0.3) is 0 Å². The van der Waals surface area contributed by atoms with Gasteiger partial charge in [-0.25, -0.2) is 25.9 Å². The average molecular weight is 568 g/mol. The molecule has 1 aliphatic rings. The van der Waals surface area contributed by atoms with E-state index in [0.717, 1.165) is 5.56 Å². The van der Waals surface area contributed by atoms with Crippen LogP contribution in [0.25, 0.3) is 0 Å². The standard InChI is InChI=1S/C25H27ClFN3O5S2/c1-35-24-11-10-21(36(31,32)28-13-12-19-6-8-20(27)9-7-19)18-23(24)29-14-16-30(17-15-29)37(33,34)25-5-3-2-4-22(25)26/h2-11,18,28H,12-17H2,1H3. The maximum atomic E-state index is 13.1. The number of nitrogens with zero attached hydrogens (tertiary/aromatic N) is 2. The van der Waals surface area contributed by atoms with Crippen molar-refractivity contribution in [2.24, 2.45) is 0 Å². The summed E-state index contributed by atoms with van der Waals surface area (Å²) in [6, 6.07) is 16.8. The van der Waals surface area contributed by atoms with Gasteiger partial charge in [-0.3, -0.25) is 0 Å². The Morgan fingerprint density at radius 1 is 0.946 bits per heavy atom. The van der Waals surface area contributed by atoms with Crippen molar-refractivity contribution in [1.29, 1.82) is 0 Å². The monoisotopic (exact) mass is 567 g/mol. The van der Waals surface area contributed by atoms with Gasteiger partial charge in [0, 0.05) is 32.7 Å². The number of sulfonamides is 2. The predicted octanol–water partition coefficient (Wildman–Crippen LogP) is 3.52. The lowest BCUT2D eigenvalue weighted by molar-refractivity contribution is 0.378. The second kappa shape index (κ2) is 11.4. The van der Waals surface area contributed by atoms with Gasteiger partial charge in [0.15, 0.2) is 0 Å². The van der Waals surface area contributed by atoms with Crippen LogP contribution in [0.2, 0.25) is 5.02 Å². The van der Waals surface area contributed by atoms with Gasteiger partial charge in [0.2, 0.25) is 20.0 Å². The lowest BCUT2D eigenvalue weighted by Crippen LogP contribution is -2.48. The van der Waals surface area contributed by atoms with Crippen LogP contribution < -0.4 is 14.4 Å². The molecule has 0 atom stereocenters. The Labute approximate surface area is 221 Å². The Hall–Kier alpha value is -2.70. The molecule has 0 aliphatic carbocycles. The number of rotatable bonds is 9. The largest absolute Gasteiger partial charge is 0.495 e. The van der Waals surface area contributed by atoms with Crippen LogP contribution in [-0.2, 0) is 26.5 Å². The van der Waals surface area contributed by atoms with Crippen molar-refractivity contribution in [3.05, 3.63) is 83.1 Å². The van der Waals surface area contributed by atoms with Gasteiger partial charge >= 0.3 is 0 Å². The number of hydrogen-bond acceptors (Lipinski definition) is 6. The van der Waals surface area contributed by atoms with Gasteiger partial charge in [0.05, 0.1) is 22.7 Å². The van der Waals surface area contributed by atoms with Crippen LogP contribution in [0, 0.1) is 5.82 Å². The number of halogens is 2. The van der Waals surface area contributed by atoms with E-state index >= 15 is 0 Å². The molecule has 4 rings (SSSR count). The van der Waals surface area contributed by atoms with E-state index in [1.807, 2.05) is 4.90 Å². The van der Waals surface area contributed by atoms with Crippen LogP contribution in [0.4, 0.5) is 10.1 Å². The first-order valence-electron chi connectivity index (χ1n) is 11.5. The highest BCUT2D eigenvalue weighted by atomic mass is 35.5. The predicted molar refractivity (Wildman–Crippen MR) is 141 cm³/mol. The highest BCUT2D eigenvalue weighted by Gasteiger charge is 2.31. The minimum Gasteiger partial charge on any atom is -0.495 e. The first-order valence-corrected chi connectivity index (χ1v) is 14.8. The number of nitrogens with one attached hydrogen (secondary N) is 1. The molecule has 1 fully saturated rings. The molecule has 0 unspecified atom stereocenters. The SMILES string of the molecule is COc1ccc(S(=O)(=O)NCCc2ccc(F)cc2)cc1N1CCN(S(=O)(=O)c2ccccc2Cl)CC1. The van der Waals surface area contributed by atoms with E-state index in [-0.39, 0.29) is 40.3 Å². The quantitative estimate of drug-likeness (QED) is 0.425. The van der Waals surface area contributed by atoms with E-state index in [9.17, 15) is 21.2 Å². The Morgan fingerprint density at radius 2 is 1.62 bits per heavy atom. The highest BCUT2D eigenvalue weighted by Crippen LogP contribution is 2.33. The van der Waals surface area contributed by atoms with Gasteiger partial charge in [-0.1, -0.05) is 35.9 Å². The Balaban J connectivity index is 1.46. The van der Waals surface area contributed by atoms with Crippen molar-refractivity contribution in [1.82, 2.24) is 9.03 Å². The number of ether oxygens (including phenoxy) is 1. The molecule has 3 aromatic rings. The van der Waals surface area contributed by atoms with Crippen molar-refractivity contribution in [3.8, 4) is 5.75 Å². The maximum Gasteiger partial charge on any atom is 0.244 e. The molecule has 198 valence electrons. The minimum atomic E-state index is -3.83. The second-order valence-corrected chi connectivity index (χ2v) is 12.5. The summed E-state index contributed by atoms with van der Waals surface area (Å²) in [6.45, 7) is 1.21. The lowest BCUT2D eigenvalue weighted by atomic mass is 10.1. The smallest absolute Gasteiger partial charge is 0.244 e. The normalized spacial score (nSPS) is 15.1. The van der Waals surface area contributed by atoms with E-state index in [2.05, 4.69) is 4.72 Å². The van der Waals surface area contributed by atoms with Crippen LogP contribution in [0.3, 0.4) is 0 Å². The van der Waals surface area contributed by atoms with E-state index < -0.39 is 20.0 Å². The van der Waals surface area contributed by atoms with Crippen LogP contribution in [0.1, 0.15) is 5.56 Å². The van der Waals surface area contributed by atoms with Crippen LogP contribution in [0.15, 0.2) is 76.5 Å². The van der Waals surface area contributed by atoms with Gasteiger partial charge in [0.1, 0.15) is 16.5 Å². The molecule has 0 spiro atoms. The Morgan fingerprint density at radius 3 is 2.27 bits per heavy atom. The van der Waals surface area contributed by atoms with Crippen molar-refractivity contribution in [2.45, 2.75) is 16.2 Å². The fraction of sp³-hybridized carbons (Fsp3) is 0.280. The van der Waals surface area contributed by atoms with Crippen LogP contribution in [-0.4, -0.2) is 61.0 Å². The first kappa shape index (κ1) is 27.3. The number of piperazine rings is 1. The van der Waals surface area contributed by atoms with Crippen LogP contribution >= 0.6 is 11.6 Å². The highest BCUT2D eigenvalue weighted by molar-refractivity contribution is 7.89. The van der Waals surface area contributed by atoms with Crippen molar-refractivity contribution in [2.75, 3.05) is 44.7 Å². The third-order valence-corrected chi connectivity index (χ3v) is 9.97. The molecule has 1 N–H and O–H groups in total. The molecule has 1 saturated heterocycles. The Bertz CT molecular complexity index is 1460. The van der Waals surface area contributed by atoms with Gasteiger partial charge in [-0.05, 0) is 54.4 Å². The van der Waals surface area contributed by atoms with Gasteiger partial charge in [-0.15, -0.1) is 0 Å². The molecule has 8 nitrogen and oxygen atoms in total. The summed E-state index contributed by atoms with van der Waals surface area (Å²) in [5.74, 6) is 0.130. The number of anilines is 1. The zero-order chi connectivity index (χ0) is 26.6. The molecule has 0 aromatic heterocycles. The first-order chi connectivity index (χ1) is 17.6. The van der Waals surface area contributed by atoms with E-state index in [1.54, 1.807) is 30.3 Å². The molecule has 37 heavy (non-hydrogen) atoms. The zero-order valence-corrected chi connectivity index (χ0v) is 22.5. The Kier molecular flexibility index (Phi) is 8.39. The fourth-order valence-corrected chi connectivity index (χ4v) is 7.08. The summed E-state index contributed by atoms with van der Waals surface area (Å²) in [5, 5.41) is 0.163. The molecular formula is C25H27ClFN3O5S2. The second-order valence-electron chi connectivity index (χ2n) is 8.43. The number of methoxy groups -OCH3 is 1. The maximum absolute atomic E-state index is 13.1. The fourth-order valence-electron chi connectivity index (χ4n) is 4.11. The van der Waals surface area contributed by atoms with Crippen molar-refractivity contribution < 1.29 is 26.0 Å². The van der Waals surface area contributed by atoms with Gasteiger partial charge < -0.3 is 9.64 Å². The molecule has 0 amide bonds. The minimum absolute atomic E-state index is 0.0579. The summed E-state index contributed by atoms with van der Waals surface area (Å²) in [4.78, 5) is 2.02. The van der Waals surface area contributed by atoms with Crippen molar-refractivity contribution >= 4 is 37.3 Å². The number of hydrogen-bond donors (Lipinski definition) is 1. The molecular weight excluding hydrogens is 541 g/mol. The molecule has 12 heteroatoms. The van der Waals surface area contributed by atoms with Crippen LogP contribution in [0.5, 0.6) is 5.75 Å². The molecule has 3 aromatic carbocycles. The third kappa shape index (κ3) is 6.24. The molecule has 0 radical (unpaired) electrons. The lowest BCUT2D eigenvalue weighted by Gasteiger charge is -2.36. The third-order valence-electron chi connectivity index (χ3n) is 6.11. The summed E-state index contributed by atoms with van der Waals surface area (Å²) < 4.78 is 74.5. The molecule has 0 saturated carbocycles. The topological polar surface area (TPSA) is 96.0 Å². The van der Waals surface area contributed by atoms with E-state index in [1.165, 1.54) is 47.8 Å². The average Bonchev–Trinajstić information content (AvgIpc) is 2.89. The summed E-state index contributed by atoms with van der Waals surface area (Å²) >= 11 is 6.12. The molecule has 1 heterocycles.